The highest BCUT2D eigenvalue weighted by molar-refractivity contribution is 5.82. The smallest absolute Gasteiger partial charge is 0.326 e. The van der Waals surface area contributed by atoms with Crippen molar-refractivity contribution in [3.63, 3.8) is 0 Å². The van der Waals surface area contributed by atoms with E-state index in [1.807, 2.05) is 20.8 Å². The third-order valence-corrected chi connectivity index (χ3v) is 3.60. The molecule has 5 nitrogen and oxygen atoms in total. The largest absolute Gasteiger partial charge is 0.480 e. The molecule has 0 saturated carbocycles. The van der Waals surface area contributed by atoms with E-state index in [4.69, 9.17) is 5.11 Å². The topological polar surface area (TPSA) is 69.6 Å². The molecular weight excluding hydrogens is 232 g/mol. The first-order valence-corrected chi connectivity index (χ1v) is 6.79. The molecule has 1 saturated heterocycles. The lowest BCUT2D eigenvalue weighted by Crippen LogP contribution is -2.55. The van der Waals surface area contributed by atoms with Crippen molar-refractivity contribution in [2.75, 3.05) is 0 Å². The van der Waals surface area contributed by atoms with Gasteiger partial charge in [0.1, 0.15) is 6.04 Å². The number of carboxylic acid groups (broad SMARTS) is 1. The molecule has 2 N–H and O–H groups in total. The minimum absolute atomic E-state index is 0.185. The molecule has 0 spiro atoms. The van der Waals surface area contributed by atoms with Crippen LogP contribution >= 0.6 is 0 Å². The Bertz CT molecular complexity index is 297. The highest BCUT2D eigenvalue weighted by atomic mass is 16.4. The summed E-state index contributed by atoms with van der Waals surface area (Å²) in [6.45, 7) is 5.95. The Morgan fingerprint density at radius 3 is 2.33 bits per heavy atom. The summed E-state index contributed by atoms with van der Waals surface area (Å²) >= 11 is 0. The van der Waals surface area contributed by atoms with E-state index in [-0.39, 0.29) is 18.1 Å². The summed E-state index contributed by atoms with van der Waals surface area (Å²) in [7, 11) is 0. The summed E-state index contributed by atoms with van der Waals surface area (Å²) in [5.41, 5.74) is 0. The van der Waals surface area contributed by atoms with Gasteiger partial charge in [0.05, 0.1) is 0 Å². The van der Waals surface area contributed by atoms with Gasteiger partial charge in [-0.15, -0.1) is 0 Å². The van der Waals surface area contributed by atoms with Gasteiger partial charge in [0.15, 0.2) is 0 Å². The Labute approximate surface area is 109 Å². The SMILES string of the molecule is CCC[C@H](NC(=O)N1[C@H](C)CCC[C@@H]1C)C(=O)O. The van der Waals surface area contributed by atoms with Crippen molar-refractivity contribution in [3.05, 3.63) is 0 Å². The number of piperidine rings is 1. The number of rotatable bonds is 4. The first-order valence-electron chi connectivity index (χ1n) is 6.79. The molecule has 0 aromatic heterocycles. The number of nitrogens with zero attached hydrogens (tertiary/aromatic N) is 1. The molecule has 0 bridgehead atoms. The van der Waals surface area contributed by atoms with Crippen LogP contribution in [0.25, 0.3) is 0 Å². The third-order valence-electron chi connectivity index (χ3n) is 3.60. The fraction of sp³-hybridized carbons (Fsp3) is 0.846. The summed E-state index contributed by atoms with van der Waals surface area (Å²) in [5, 5.41) is 11.7. The monoisotopic (exact) mass is 256 g/mol. The normalized spacial score (nSPS) is 25.6. The van der Waals surface area contributed by atoms with Gasteiger partial charge in [0, 0.05) is 12.1 Å². The molecule has 0 radical (unpaired) electrons. The van der Waals surface area contributed by atoms with Gasteiger partial charge in [-0.1, -0.05) is 13.3 Å². The molecule has 0 aliphatic carbocycles. The lowest BCUT2D eigenvalue weighted by Gasteiger charge is -2.39. The molecule has 1 fully saturated rings. The van der Waals surface area contributed by atoms with Crippen LogP contribution in [0.5, 0.6) is 0 Å². The van der Waals surface area contributed by atoms with E-state index in [1.165, 1.54) is 0 Å². The van der Waals surface area contributed by atoms with Gasteiger partial charge in [-0.3, -0.25) is 0 Å². The Morgan fingerprint density at radius 1 is 1.33 bits per heavy atom. The van der Waals surface area contributed by atoms with Crippen LogP contribution < -0.4 is 5.32 Å². The molecule has 3 atom stereocenters. The molecule has 1 aliphatic rings. The molecule has 0 aromatic rings. The van der Waals surface area contributed by atoms with Crippen molar-refractivity contribution in [1.82, 2.24) is 10.2 Å². The van der Waals surface area contributed by atoms with Gasteiger partial charge in [-0.05, 0) is 39.5 Å². The molecule has 5 heteroatoms. The number of carbonyl (C=O) groups is 2. The average molecular weight is 256 g/mol. The van der Waals surface area contributed by atoms with Gasteiger partial charge in [-0.2, -0.15) is 0 Å². The number of urea groups is 1. The molecule has 0 aromatic carbocycles. The summed E-state index contributed by atoms with van der Waals surface area (Å²) in [5.74, 6) is -0.956. The number of nitrogens with one attached hydrogen (secondary N) is 1. The van der Waals surface area contributed by atoms with E-state index in [2.05, 4.69) is 5.32 Å². The van der Waals surface area contributed by atoms with Crippen LogP contribution in [0.3, 0.4) is 0 Å². The predicted molar refractivity (Wildman–Crippen MR) is 69.5 cm³/mol. The predicted octanol–water partition coefficient (Wildman–Crippen LogP) is 2.21. The number of aliphatic carboxylic acids is 1. The van der Waals surface area contributed by atoms with Crippen LogP contribution in [-0.4, -0.2) is 40.1 Å². The van der Waals surface area contributed by atoms with Gasteiger partial charge < -0.3 is 15.3 Å². The fourth-order valence-corrected chi connectivity index (χ4v) is 2.59. The van der Waals surface area contributed by atoms with Crippen molar-refractivity contribution in [1.29, 1.82) is 0 Å². The van der Waals surface area contributed by atoms with Crippen LogP contribution in [0.2, 0.25) is 0 Å². The quantitative estimate of drug-likeness (QED) is 0.810. The van der Waals surface area contributed by atoms with Crippen LogP contribution in [0.1, 0.15) is 52.9 Å². The van der Waals surface area contributed by atoms with Gasteiger partial charge in [0.2, 0.25) is 0 Å². The van der Waals surface area contributed by atoms with Gasteiger partial charge in [-0.25, -0.2) is 9.59 Å². The lowest BCUT2D eigenvalue weighted by molar-refractivity contribution is -0.139. The minimum atomic E-state index is -0.956. The molecule has 104 valence electrons. The average Bonchev–Trinajstić information content (AvgIpc) is 2.28. The molecule has 0 unspecified atom stereocenters. The second kappa shape index (κ2) is 6.61. The maximum atomic E-state index is 12.2. The van der Waals surface area contributed by atoms with E-state index in [0.29, 0.717) is 6.42 Å². The van der Waals surface area contributed by atoms with E-state index >= 15 is 0 Å². The zero-order valence-corrected chi connectivity index (χ0v) is 11.5. The summed E-state index contributed by atoms with van der Waals surface area (Å²) < 4.78 is 0. The van der Waals surface area contributed by atoms with Crippen molar-refractivity contribution in [2.24, 2.45) is 0 Å². The lowest BCUT2D eigenvalue weighted by atomic mass is 9.98. The zero-order chi connectivity index (χ0) is 13.7. The summed E-state index contributed by atoms with van der Waals surface area (Å²) in [6.07, 6.45) is 4.32. The Hall–Kier alpha value is -1.26. The highest BCUT2D eigenvalue weighted by Gasteiger charge is 2.31. The van der Waals surface area contributed by atoms with Gasteiger partial charge >= 0.3 is 12.0 Å². The zero-order valence-electron chi connectivity index (χ0n) is 11.5. The number of hydrogen-bond donors (Lipinski definition) is 2. The van der Waals surface area contributed by atoms with Gasteiger partial charge in [0.25, 0.3) is 0 Å². The first kappa shape index (κ1) is 14.8. The van der Waals surface area contributed by atoms with E-state index < -0.39 is 12.0 Å². The van der Waals surface area contributed by atoms with Crippen molar-refractivity contribution < 1.29 is 14.7 Å². The Morgan fingerprint density at radius 2 is 1.89 bits per heavy atom. The molecular formula is C13H24N2O3. The summed E-state index contributed by atoms with van der Waals surface area (Å²) in [6, 6.07) is -0.644. The van der Waals surface area contributed by atoms with E-state index in [0.717, 1.165) is 25.7 Å². The molecule has 1 rings (SSSR count). The highest BCUT2D eigenvalue weighted by Crippen LogP contribution is 2.22. The Kier molecular flexibility index (Phi) is 5.44. The number of hydrogen-bond acceptors (Lipinski definition) is 2. The Balaban J connectivity index is 2.64. The second-order valence-corrected chi connectivity index (χ2v) is 5.17. The van der Waals surface area contributed by atoms with E-state index in [9.17, 15) is 9.59 Å². The van der Waals surface area contributed by atoms with E-state index in [1.54, 1.807) is 4.90 Å². The third kappa shape index (κ3) is 3.62. The van der Waals surface area contributed by atoms with Crippen molar-refractivity contribution >= 4 is 12.0 Å². The molecule has 2 amide bonds. The molecule has 1 aliphatic heterocycles. The second-order valence-electron chi connectivity index (χ2n) is 5.17. The standard InChI is InChI=1S/C13H24N2O3/c1-4-6-11(12(16)17)14-13(18)15-9(2)7-5-8-10(15)3/h9-11H,4-8H2,1-3H3,(H,14,18)(H,16,17)/t9-,10+,11-/m0/s1. The summed E-state index contributed by atoms with van der Waals surface area (Å²) in [4.78, 5) is 25.0. The first-order chi connectivity index (χ1) is 8.47. The minimum Gasteiger partial charge on any atom is -0.480 e. The van der Waals surface area contributed by atoms with Crippen LogP contribution in [-0.2, 0) is 4.79 Å². The van der Waals surface area contributed by atoms with Crippen molar-refractivity contribution in [3.8, 4) is 0 Å². The van der Waals surface area contributed by atoms with Crippen LogP contribution in [0.4, 0.5) is 4.79 Å². The number of carboxylic acids is 1. The number of carbonyl (C=O) groups excluding carboxylic acids is 1. The maximum absolute atomic E-state index is 12.2. The van der Waals surface area contributed by atoms with Crippen LogP contribution in [0.15, 0.2) is 0 Å². The van der Waals surface area contributed by atoms with Crippen LogP contribution in [0, 0.1) is 0 Å². The molecule has 18 heavy (non-hydrogen) atoms. The fourth-order valence-electron chi connectivity index (χ4n) is 2.59. The van der Waals surface area contributed by atoms with Crippen molar-refractivity contribution in [2.45, 2.75) is 71.0 Å². The maximum Gasteiger partial charge on any atom is 0.326 e. The molecule has 1 heterocycles. The number of amides is 2. The number of likely N-dealkylation sites (tertiary alicyclic amines) is 1.